The molecule has 0 aliphatic carbocycles. The molecule has 0 saturated carbocycles. The number of benzene rings is 1. The average molecular weight is 282 g/mol. The molecule has 1 aromatic carbocycles. The number of thioether (sulfide) groups is 1. The molecule has 1 aromatic heterocycles. The van der Waals surface area contributed by atoms with Gasteiger partial charge in [-0.25, -0.2) is 4.98 Å². The van der Waals surface area contributed by atoms with Crippen LogP contribution in [0.5, 0.6) is 0 Å². The van der Waals surface area contributed by atoms with Crippen molar-refractivity contribution in [3.8, 4) is 0 Å². The molecule has 0 amide bonds. The molecule has 0 spiro atoms. The highest BCUT2D eigenvalue weighted by Crippen LogP contribution is 2.30. The predicted molar refractivity (Wildman–Crippen MR) is 79.3 cm³/mol. The third-order valence-corrected chi connectivity index (χ3v) is 5.02. The van der Waals surface area contributed by atoms with Crippen LogP contribution < -0.4 is 5.73 Å². The molecule has 0 bridgehead atoms. The van der Waals surface area contributed by atoms with Gasteiger partial charge in [0.15, 0.2) is 4.34 Å². The number of hydrogen-bond acceptors (Lipinski definition) is 5. The molecule has 5 heteroatoms. The Morgan fingerprint density at radius 1 is 1.44 bits per heavy atom. The summed E-state index contributed by atoms with van der Waals surface area (Å²) in [5, 5.41) is 9.06. The smallest absolute Gasteiger partial charge is 0.151 e. The van der Waals surface area contributed by atoms with E-state index in [1.165, 1.54) is 4.70 Å². The number of rotatable bonds is 6. The van der Waals surface area contributed by atoms with Gasteiger partial charge in [0, 0.05) is 11.3 Å². The summed E-state index contributed by atoms with van der Waals surface area (Å²) in [5.74, 6) is 0.993. The number of thiazole rings is 1. The summed E-state index contributed by atoms with van der Waals surface area (Å²) in [7, 11) is 0. The number of hydrogen-bond donors (Lipinski definition) is 2. The molecule has 3 nitrogen and oxygen atoms in total. The maximum absolute atomic E-state index is 9.06. The van der Waals surface area contributed by atoms with Gasteiger partial charge in [0.05, 0.1) is 16.8 Å². The lowest BCUT2D eigenvalue weighted by atomic mass is 9.99. The van der Waals surface area contributed by atoms with Crippen LogP contribution in [0.25, 0.3) is 10.2 Å². The maximum atomic E-state index is 9.06. The Morgan fingerprint density at radius 3 is 2.94 bits per heavy atom. The third kappa shape index (κ3) is 3.68. The van der Waals surface area contributed by atoms with Crippen molar-refractivity contribution in [2.24, 2.45) is 5.73 Å². The minimum Gasteiger partial charge on any atom is -0.394 e. The van der Waals surface area contributed by atoms with E-state index in [2.05, 4.69) is 11.1 Å². The second kappa shape index (κ2) is 6.02. The Morgan fingerprint density at radius 2 is 2.22 bits per heavy atom. The van der Waals surface area contributed by atoms with E-state index in [4.69, 9.17) is 10.8 Å². The summed E-state index contributed by atoms with van der Waals surface area (Å²) in [6.45, 7) is 1.92. The zero-order valence-corrected chi connectivity index (χ0v) is 12.1. The number of nitrogens with two attached hydrogens (primary N) is 1. The Hall–Kier alpha value is -0.620. The molecule has 0 aliphatic rings. The van der Waals surface area contributed by atoms with Crippen LogP contribution in [0.4, 0.5) is 0 Å². The van der Waals surface area contributed by atoms with Crippen molar-refractivity contribution < 1.29 is 5.11 Å². The first-order chi connectivity index (χ1) is 8.61. The van der Waals surface area contributed by atoms with E-state index in [9.17, 15) is 0 Å². The van der Waals surface area contributed by atoms with E-state index in [1.807, 2.05) is 25.1 Å². The third-order valence-electron chi connectivity index (χ3n) is 2.75. The molecule has 98 valence electrons. The van der Waals surface area contributed by atoms with Gasteiger partial charge in [-0.15, -0.1) is 11.3 Å². The quantitative estimate of drug-likeness (QED) is 0.632. The van der Waals surface area contributed by atoms with Crippen LogP contribution in [0, 0.1) is 0 Å². The van der Waals surface area contributed by atoms with E-state index in [0.717, 1.165) is 28.5 Å². The Kier molecular flexibility index (Phi) is 4.61. The zero-order valence-electron chi connectivity index (χ0n) is 10.4. The van der Waals surface area contributed by atoms with Crippen LogP contribution in [-0.4, -0.2) is 28.0 Å². The van der Waals surface area contributed by atoms with Crippen molar-refractivity contribution in [3.05, 3.63) is 24.3 Å². The largest absolute Gasteiger partial charge is 0.394 e. The Balaban J connectivity index is 1.83. The minimum atomic E-state index is -0.450. The number of aromatic nitrogens is 1. The van der Waals surface area contributed by atoms with Gasteiger partial charge in [-0.05, 0) is 31.9 Å². The van der Waals surface area contributed by atoms with E-state index >= 15 is 0 Å². The second-order valence-corrected chi connectivity index (χ2v) is 7.08. The molecular weight excluding hydrogens is 264 g/mol. The van der Waals surface area contributed by atoms with Gasteiger partial charge in [-0.3, -0.25) is 0 Å². The summed E-state index contributed by atoms with van der Waals surface area (Å²) < 4.78 is 2.35. The maximum Gasteiger partial charge on any atom is 0.151 e. The van der Waals surface area contributed by atoms with E-state index in [-0.39, 0.29) is 6.61 Å². The summed E-state index contributed by atoms with van der Waals surface area (Å²) in [6.07, 6.45) is 1.83. The highest BCUT2D eigenvalue weighted by molar-refractivity contribution is 8.01. The van der Waals surface area contributed by atoms with Crippen LogP contribution in [-0.2, 0) is 0 Å². The summed E-state index contributed by atoms with van der Waals surface area (Å²) in [6, 6.07) is 8.19. The Labute approximate surface area is 115 Å². The van der Waals surface area contributed by atoms with Crippen LogP contribution >= 0.6 is 23.1 Å². The molecule has 1 atom stereocenters. The van der Waals surface area contributed by atoms with Crippen molar-refractivity contribution in [2.45, 2.75) is 29.6 Å². The van der Waals surface area contributed by atoms with E-state index in [0.29, 0.717) is 0 Å². The number of nitrogens with zero attached hydrogens (tertiary/aromatic N) is 1. The van der Waals surface area contributed by atoms with Gasteiger partial charge >= 0.3 is 0 Å². The first-order valence-electron chi connectivity index (χ1n) is 5.99. The first-order valence-corrected chi connectivity index (χ1v) is 7.79. The van der Waals surface area contributed by atoms with Gasteiger partial charge in [0.2, 0.25) is 0 Å². The summed E-state index contributed by atoms with van der Waals surface area (Å²) >= 11 is 3.50. The van der Waals surface area contributed by atoms with Gasteiger partial charge < -0.3 is 10.8 Å². The lowest BCUT2D eigenvalue weighted by molar-refractivity contribution is 0.200. The predicted octanol–water partition coefficient (Wildman–Crippen LogP) is 2.88. The fourth-order valence-electron chi connectivity index (χ4n) is 1.63. The number of para-hydroxylation sites is 1. The molecule has 3 N–H and O–H groups in total. The fourth-order valence-corrected chi connectivity index (χ4v) is 3.71. The van der Waals surface area contributed by atoms with Crippen LogP contribution in [0.3, 0.4) is 0 Å². The number of aliphatic hydroxyl groups excluding tert-OH is 1. The van der Waals surface area contributed by atoms with Crippen molar-refractivity contribution in [3.63, 3.8) is 0 Å². The SMILES string of the molecule is CC(N)(CO)CCCSc1nc2ccccc2s1. The molecule has 0 aliphatic heterocycles. The van der Waals surface area contributed by atoms with Gasteiger partial charge in [-0.2, -0.15) is 0 Å². The van der Waals surface area contributed by atoms with Gasteiger partial charge in [-0.1, -0.05) is 23.9 Å². The van der Waals surface area contributed by atoms with E-state index < -0.39 is 5.54 Å². The van der Waals surface area contributed by atoms with Crippen molar-refractivity contribution in [2.75, 3.05) is 12.4 Å². The lowest BCUT2D eigenvalue weighted by Crippen LogP contribution is -2.40. The molecule has 0 radical (unpaired) electrons. The van der Waals surface area contributed by atoms with Crippen molar-refractivity contribution >= 4 is 33.3 Å². The van der Waals surface area contributed by atoms with Crippen LogP contribution in [0.2, 0.25) is 0 Å². The average Bonchev–Trinajstić information content (AvgIpc) is 2.77. The standard InChI is InChI=1S/C13H18N2OS2/c1-13(14,9-16)7-4-8-17-12-15-10-5-2-3-6-11(10)18-12/h2-3,5-6,16H,4,7-9,14H2,1H3. The van der Waals surface area contributed by atoms with Crippen molar-refractivity contribution in [1.29, 1.82) is 0 Å². The fraction of sp³-hybridized carbons (Fsp3) is 0.462. The second-order valence-electron chi connectivity index (χ2n) is 4.71. The van der Waals surface area contributed by atoms with Crippen LogP contribution in [0.15, 0.2) is 28.6 Å². The molecule has 18 heavy (non-hydrogen) atoms. The van der Waals surface area contributed by atoms with Crippen molar-refractivity contribution in [1.82, 2.24) is 4.98 Å². The molecule has 2 rings (SSSR count). The van der Waals surface area contributed by atoms with Gasteiger partial charge in [0.1, 0.15) is 0 Å². The number of fused-ring (bicyclic) bond motifs is 1. The van der Waals surface area contributed by atoms with E-state index in [1.54, 1.807) is 23.1 Å². The Bertz CT molecular complexity index is 477. The monoisotopic (exact) mass is 282 g/mol. The van der Waals surface area contributed by atoms with Crippen LogP contribution in [0.1, 0.15) is 19.8 Å². The first kappa shape index (κ1) is 13.8. The minimum absolute atomic E-state index is 0.0405. The lowest BCUT2D eigenvalue weighted by Gasteiger charge is -2.20. The topological polar surface area (TPSA) is 59.1 Å². The summed E-state index contributed by atoms with van der Waals surface area (Å²) in [5.41, 5.74) is 6.51. The molecule has 1 unspecified atom stereocenters. The molecule has 0 saturated heterocycles. The molecule has 2 aromatic rings. The zero-order chi connectivity index (χ0) is 13.0. The highest BCUT2D eigenvalue weighted by Gasteiger charge is 2.16. The molecule has 1 heterocycles. The molecule has 0 fully saturated rings. The van der Waals surface area contributed by atoms with Gasteiger partial charge in [0.25, 0.3) is 0 Å². The summed E-state index contributed by atoms with van der Waals surface area (Å²) in [4.78, 5) is 4.57. The normalized spacial score (nSPS) is 14.8. The number of aliphatic hydroxyl groups is 1. The highest BCUT2D eigenvalue weighted by atomic mass is 32.2. The molecular formula is C13H18N2OS2.